The third kappa shape index (κ3) is 3.79. The van der Waals surface area contributed by atoms with E-state index in [0.29, 0.717) is 17.8 Å². The Morgan fingerprint density at radius 3 is 2.07 bits per heavy atom. The minimum Gasteiger partial charge on any atom is -0.384 e. The third-order valence-electron chi connectivity index (χ3n) is 3.13. The third-order valence-corrected chi connectivity index (χ3v) is 3.13. The molecule has 0 aromatic heterocycles. The van der Waals surface area contributed by atoms with Crippen molar-refractivity contribution in [2.45, 2.75) is 34.1 Å². The molecule has 0 fully saturated rings. The van der Waals surface area contributed by atoms with Crippen LogP contribution in [-0.2, 0) is 9.53 Å². The maximum Gasteiger partial charge on any atom is 0.123 e. The molecule has 0 N–H and O–H groups in total. The number of hydrogen-bond donors (Lipinski definition) is 0. The van der Waals surface area contributed by atoms with E-state index in [0.717, 1.165) is 19.3 Å². The Kier molecular flexibility index (Phi) is 6.81. The second kappa shape index (κ2) is 6.99. The molecule has 0 saturated heterocycles. The van der Waals surface area contributed by atoms with E-state index in [1.54, 1.807) is 7.11 Å². The van der Waals surface area contributed by atoms with E-state index >= 15 is 0 Å². The zero-order chi connectivity index (χ0) is 11.1. The lowest BCUT2D eigenvalue weighted by atomic mass is 9.76. The lowest BCUT2D eigenvalue weighted by Gasteiger charge is -2.31. The lowest BCUT2D eigenvalue weighted by Crippen LogP contribution is -2.29. The molecule has 3 atom stereocenters. The number of aldehydes is 1. The molecule has 0 aliphatic heterocycles. The van der Waals surface area contributed by atoms with Crippen molar-refractivity contribution in [3.63, 3.8) is 0 Å². The number of methoxy groups -OCH3 is 1. The summed E-state index contributed by atoms with van der Waals surface area (Å²) in [4.78, 5) is 10.8. The second-order valence-corrected chi connectivity index (χ2v) is 4.43. The van der Waals surface area contributed by atoms with E-state index in [4.69, 9.17) is 4.74 Å². The molecule has 84 valence electrons. The topological polar surface area (TPSA) is 26.3 Å². The zero-order valence-electron chi connectivity index (χ0n) is 10.1. The van der Waals surface area contributed by atoms with E-state index in [9.17, 15) is 4.79 Å². The van der Waals surface area contributed by atoms with E-state index in [1.165, 1.54) is 0 Å². The zero-order valence-corrected chi connectivity index (χ0v) is 10.1. The molecule has 14 heavy (non-hydrogen) atoms. The Morgan fingerprint density at radius 2 is 1.79 bits per heavy atom. The highest BCUT2D eigenvalue weighted by atomic mass is 16.5. The minimum atomic E-state index is 0.141. The van der Waals surface area contributed by atoms with Gasteiger partial charge in [0.1, 0.15) is 6.29 Å². The standard InChI is InChI=1S/C12H24O2/c1-6-11(10(4)7-13)12(8-14-5)9(2)3/h7,9-12H,6,8H2,1-5H3. The Labute approximate surface area is 88.0 Å². The van der Waals surface area contributed by atoms with Gasteiger partial charge in [-0.25, -0.2) is 0 Å². The van der Waals surface area contributed by atoms with Crippen molar-refractivity contribution in [2.75, 3.05) is 13.7 Å². The van der Waals surface area contributed by atoms with Crippen LogP contribution in [0.5, 0.6) is 0 Å². The van der Waals surface area contributed by atoms with Crippen LogP contribution in [0.25, 0.3) is 0 Å². The van der Waals surface area contributed by atoms with Gasteiger partial charge in [-0.3, -0.25) is 0 Å². The number of ether oxygens (including phenoxy) is 1. The van der Waals surface area contributed by atoms with Gasteiger partial charge in [0, 0.05) is 19.6 Å². The summed E-state index contributed by atoms with van der Waals surface area (Å²) < 4.78 is 5.23. The van der Waals surface area contributed by atoms with E-state index < -0.39 is 0 Å². The van der Waals surface area contributed by atoms with Gasteiger partial charge in [-0.2, -0.15) is 0 Å². The highest BCUT2D eigenvalue weighted by molar-refractivity contribution is 5.53. The summed E-state index contributed by atoms with van der Waals surface area (Å²) in [5, 5.41) is 0. The molecule has 0 aromatic carbocycles. The van der Waals surface area contributed by atoms with Gasteiger partial charge in [0.2, 0.25) is 0 Å². The van der Waals surface area contributed by atoms with E-state index in [1.807, 2.05) is 6.92 Å². The van der Waals surface area contributed by atoms with Crippen LogP contribution in [0.4, 0.5) is 0 Å². The average Bonchev–Trinajstić information content (AvgIpc) is 2.16. The van der Waals surface area contributed by atoms with Crippen molar-refractivity contribution in [3.05, 3.63) is 0 Å². The van der Waals surface area contributed by atoms with Crippen LogP contribution in [0.15, 0.2) is 0 Å². The Morgan fingerprint density at radius 1 is 1.21 bits per heavy atom. The normalized spacial score (nSPS) is 17.9. The van der Waals surface area contributed by atoms with Crippen molar-refractivity contribution in [2.24, 2.45) is 23.7 Å². The van der Waals surface area contributed by atoms with Gasteiger partial charge in [-0.05, 0) is 17.8 Å². The number of carbonyl (C=O) groups is 1. The van der Waals surface area contributed by atoms with Crippen molar-refractivity contribution < 1.29 is 9.53 Å². The first kappa shape index (κ1) is 13.6. The summed E-state index contributed by atoms with van der Waals surface area (Å²) in [6, 6.07) is 0. The molecule has 0 rings (SSSR count). The van der Waals surface area contributed by atoms with Gasteiger partial charge < -0.3 is 9.53 Å². The number of carbonyl (C=O) groups excluding carboxylic acids is 1. The van der Waals surface area contributed by atoms with Crippen LogP contribution in [0.3, 0.4) is 0 Å². The van der Waals surface area contributed by atoms with Crippen LogP contribution in [0, 0.1) is 23.7 Å². The predicted octanol–water partition coefficient (Wildman–Crippen LogP) is 2.77. The maximum atomic E-state index is 10.8. The van der Waals surface area contributed by atoms with Crippen LogP contribution < -0.4 is 0 Å². The summed E-state index contributed by atoms with van der Waals surface area (Å²) in [7, 11) is 1.73. The van der Waals surface area contributed by atoms with Crippen molar-refractivity contribution in [3.8, 4) is 0 Å². The first-order chi connectivity index (χ1) is 6.58. The molecular weight excluding hydrogens is 176 g/mol. The summed E-state index contributed by atoms with van der Waals surface area (Å²) >= 11 is 0. The van der Waals surface area contributed by atoms with Crippen molar-refractivity contribution in [1.82, 2.24) is 0 Å². The van der Waals surface area contributed by atoms with Crippen molar-refractivity contribution >= 4 is 6.29 Å². The molecule has 0 saturated carbocycles. The van der Waals surface area contributed by atoms with Crippen LogP contribution in [-0.4, -0.2) is 20.0 Å². The summed E-state index contributed by atoms with van der Waals surface area (Å²) in [5.41, 5.74) is 0. The van der Waals surface area contributed by atoms with E-state index in [2.05, 4.69) is 20.8 Å². The molecule has 2 nitrogen and oxygen atoms in total. The molecule has 0 bridgehead atoms. The summed E-state index contributed by atoms with van der Waals surface area (Å²) in [6.07, 6.45) is 2.12. The largest absolute Gasteiger partial charge is 0.384 e. The van der Waals surface area contributed by atoms with Crippen LogP contribution in [0.2, 0.25) is 0 Å². The SMILES string of the molecule is CCC(C(C)C=O)C(COC)C(C)C. The number of hydrogen-bond acceptors (Lipinski definition) is 2. The maximum absolute atomic E-state index is 10.8. The molecule has 0 heterocycles. The number of rotatable bonds is 7. The van der Waals surface area contributed by atoms with Gasteiger partial charge in [0.05, 0.1) is 0 Å². The Hall–Kier alpha value is -0.370. The first-order valence-corrected chi connectivity index (χ1v) is 5.52. The Bertz CT molecular complexity index is 154. The highest BCUT2D eigenvalue weighted by Crippen LogP contribution is 2.29. The second-order valence-electron chi connectivity index (χ2n) is 4.43. The molecule has 2 heteroatoms. The highest BCUT2D eigenvalue weighted by Gasteiger charge is 2.27. The Balaban J connectivity index is 4.48. The van der Waals surface area contributed by atoms with Crippen molar-refractivity contribution in [1.29, 1.82) is 0 Å². The lowest BCUT2D eigenvalue weighted by molar-refractivity contribution is -0.113. The molecular formula is C12H24O2. The average molecular weight is 200 g/mol. The fourth-order valence-corrected chi connectivity index (χ4v) is 2.17. The first-order valence-electron chi connectivity index (χ1n) is 5.52. The fraction of sp³-hybridized carbons (Fsp3) is 0.917. The van der Waals surface area contributed by atoms with Gasteiger partial charge in [-0.15, -0.1) is 0 Å². The molecule has 3 unspecified atom stereocenters. The fourth-order valence-electron chi connectivity index (χ4n) is 2.17. The molecule has 0 aliphatic rings. The molecule has 0 amide bonds. The molecule has 0 radical (unpaired) electrons. The molecule has 0 aromatic rings. The van der Waals surface area contributed by atoms with Crippen LogP contribution >= 0.6 is 0 Å². The van der Waals surface area contributed by atoms with Crippen LogP contribution in [0.1, 0.15) is 34.1 Å². The summed E-state index contributed by atoms with van der Waals surface area (Å²) in [6.45, 7) is 9.31. The van der Waals surface area contributed by atoms with Gasteiger partial charge in [0.15, 0.2) is 0 Å². The predicted molar refractivity (Wildman–Crippen MR) is 59.2 cm³/mol. The summed E-state index contributed by atoms with van der Waals surface area (Å²) in [5.74, 6) is 1.66. The van der Waals surface area contributed by atoms with Gasteiger partial charge in [-0.1, -0.05) is 34.1 Å². The molecule has 0 aliphatic carbocycles. The molecule has 0 spiro atoms. The smallest absolute Gasteiger partial charge is 0.123 e. The van der Waals surface area contributed by atoms with Gasteiger partial charge >= 0.3 is 0 Å². The van der Waals surface area contributed by atoms with E-state index in [-0.39, 0.29) is 5.92 Å². The monoisotopic (exact) mass is 200 g/mol. The minimum absolute atomic E-state index is 0.141. The quantitative estimate of drug-likeness (QED) is 0.591. The van der Waals surface area contributed by atoms with Gasteiger partial charge in [0.25, 0.3) is 0 Å².